The zero-order valence-corrected chi connectivity index (χ0v) is 11.4. The quantitative estimate of drug-likeness (QED) is 0.899. The van der Waals surface area contributed by atoms with Gasteiger partial charge in [0.25, 0.3) is 5.91 Å². The maximum atomic E-state index is 13.0. The normalized spacial score (nSPS) is 10.2. The van der Waals surface area contributed by atoms with Gasteiger partial charge < -0.3 is 10.6 Å². The zero-order valence-electron chi connectivity index (χ0n) is 11.4. The number of hydrogen-bond acceptors (Lipinski definition) is 3. The van der Waals surface area contributed by atoms with Crippen LogP contribution in [0.2, 0.25) is 0 Å². The maximum absolute atomic E-state index is 13.0. The molecule has 0 bridgehead atoms. The fourth-order valence-electron chi connectivity index (χ4n) is 1.82. The molecule has 1 aromatic carbocycles. The molecular formula is C15H16FN3O. The summed E-state index contributed by atoms with van der Waals surface area (Å²) in [7, 11) is 0. The third-order valence-electron chi connectivity index (χ3n) is 2.81. The van der Waals surface area contributed by atoms with Crippen molar-refractivity contribution in [1.82, 2.24) is 4.98 Å². The van der Waals surface area contributed by atoms with E-state index in [1.807, 2.05) is 6.92 Å². The van der Waals surface area contributed by atoms with Gasteiger partial charge in [-0.15, -0.1) is 0 Å². The van der Waals surface area contributed by atoms with Gasteiger partial charge >= 0.3 is 0 Å². The van der Waals surface area contributed by atoms with Gasteiger partial charge in [0.15, 0.2) is 0 Å². The number of anilines is 2. The Bertz CT molecular complexity index is 628. The van der Waals surface area contributed by atoms with E-state index in [0.29, 0.717) is 16.9 Å². The summed E-state index contributed by atoms with van der Waals surface area (Å²) in [5.74, 6) is -0.646. The first-order chi connectivity index (χ1) is 9.60. The number of carbonyl (C=O) groups excluding carboxylic acids is 1. The van der Waals surface area contributed by atoms with Crippen LogP contribution in [-0.4, -0.2) is 17.4 Å². The third-order valence-corrected chi connectivity index (χ3v) is 2.81. The lowest BCUT2D eigenvalue weighted by Crippen LogP contribution is -2.15. The molecule has 1 heterocycles. The first-order valence-corrected chi connectivity index (χ1v) is 6.37. The smallest absolute Gasteiger partial charge is 0.274 e. The van der Waals surface area contributed by atoms with Gasteiger partial charge in [0.05, 0.1) is 0 Å². The molecule has 2 rings (SSSR count). The number of amides is 1. The monoisotopic (exact) mass is 273 g/mol. The first kappa shape index (κ1) is 14.0. The van der Waals surface area contributed by atoms with Crippen molar-refractivity contribution in [3.63, 3.8) is 0 Å². The van der Waals surface area contributed by atoms with Crippen LogP contribution in [0.5, 0.6) is 0 Å². The molecule has 4 nitrogen and oxygen atoms in total. The average molecular weight is 273 g/mol. The van der Waals surface area contributed by atoms with Gasteiger partial charge in [-0.1, -0.05) is 0 Å². The van der Waals surface area contributed by atoms with Crippen molar-refractivity contribution in [2.24, 2.45) is 0 Å². The number of rotatable bonds is 4. The van der Waals surface area contributed by atoms with E-state index in [4.69, 9.17) is 0 Å². The SMILES string of the molecule is CCNc1ccnc(C(=O)Nc2ccc(F)cc2C)c1. The molecule has 0 radical (unpaired) electrons. The van der Waals surface area contributed by atoms with E-state index < -0.39 is 0 Å². The van der Waals surface area contributed by atoms with Crippen LogP contribution in [0, 0.1) is 12.7 Å². The van der Waals surface area contributed by atoms with E-state index in [2.05, 4.69) is 15.6 Å². The lowest BCUT2D eigenvalue weighted by Gasteiger charge is -2.09. The molecule has 1 amide bonds. The molecule has 0 saturated carbocycles. The number of nitrogens with one attached hydrogen (secondary N) is 2. The minimum Gasteiger partial charge on any atom is -0.385 e. The number of benzene rings is 1. The van der Waals surface area contributed by atoms with Crippen molar-refractivity contribution in [3.05, 3.63) is 53.6 Å². The summed E-state index contributed by atoms with van der Waals surface area (Å²) in [5.41, 5.74) is 2.39. The van der Waals surface area contributed by atoms with Crippen molar-refractivity contribution in [3.8, 4) is 0 Å². The van der Waals surface area contributed by atoms with Gasteiger partial charge in [0.1, 0.15) is 11.5 Å². The second kappa shape index (κ2) is 6.14. The van der Waals surface area contributed by atoms with Crippen LogP contribution < -0.4 is 10.6 Å². The number of aryl methyl sites for hydroxylation is 1. The molecule has 2 N–H and O–H groups in total. The van der Waals surface area contributed by atoms with Crippen LogP contribution in [0.15, 0.2) is 36.5 Å². The highest BCUT2D eigenvalue weighted by molar-refractivity contribution is 6.03. The molecule has 0 aliphatic rings. The Hall–Kier alpha value is -2.43. The zero-order chi connectivity index (χ0) is 14.5. The van der Waals surface area contributed by atoms with Crippen molar-refractivity contribution >= 4 is 17.3 Å². The van der Waals surface area contributed by atoms with Crippen LogP contribution in [-0.2, 0) is 0 Å². The van der Waals surface area contributed by atoms with Gasteiger partial charge in [0, 0.05) is 24.1 Å². The van der Waals surface area contributed by atoms with Crippen molar-refractivity contribution < 1.29 is 9.18 Å². The molecule has 0 aliphatic heterocycles. The number of halogens is 1. The molecule has 0 aliphatic carbocycles. The summed E-state index contributed by atoms with van der Waals surface area (Å²) >= 11 is 0. The summed E-state index contributed by atoms with van der Waals surface area (Å²) in [5, 5.41) is 5.84. The van der Waals surface area contributed by atoms with E-state index in [1.54, 1.807) is 25.3 Å². The van der Waals surface area contributed by atoms with Crippen LogP contribution in [0.3, 0.4) is 0 Å². The lowest BCUT2D eigenvalue weighted by molar-refractivity contribution is 0.102. The Morgan fingerprint density at radius 3 is 2.80 bits per heavy atom. The highest BCUT2D eigenvalue weighted by Gasteiger charge is 2.10. The van der Waals surface area contributed by atoms with Crippen molar-refractivity contribution in [2.75, 3.05) is 17.2 Å². The average Bonchev–Trinajstić information content (AvgIpc) is 2.42. The fourth-order valence-corrected chi connectivity index (χ4v) is 1.82. The number of nitrogens with zero attached hydrogens (tertiary/aromatic N) is 1. The Morgan fingerprint density at radius 1 is 1.30 bits per heavy atom. The molecule has 5 heteroatoms. The molecule has 104 valence electrons. The highest BCUT2D eigenvalue weighted by atomic mass is 19.1. The van der Waals surface area contributed by atoms with E-state index in [0.717, 1.165) is 12.2 Å². The van der Waals surface area contributed by atoms with Gasteiger partial charge in [-0.25, -0.2) is 4.39 Å². The minimum atomic E-state index is -0.326. The molecule has 0 spiro atoms. The molecule has 0 unspecified atom stereocenters. The minimum absolute atomic E-state index is 0.312. The summed E-state index contributed by atoms with van der Waals surface area (Å²) in [6, 6.07) is 7.70. The highest BCUT2D eigenvalue weighted by Crippen LogP contribution is 2.17. The molecule has 2 aromatic rings. The third kappa shape index (κ3) is 3.32. The molecule has 20 heavy (non-hydrogen) atoms. The Kier molecular flexibility index (Phi) is 4.30. The van der Waals surface area contributed by atoms with Gasteiger partial charge in [-0.3, -0.25) is 9.78 Å². The summed E-state index contributed by atoms with van der Waals surface area (Å²) in [6.07, 6.45) is 1.57. The summed E-state index contributed by atoms with van der Waals surface area (Å²) in [6.45, 7) is 4.48. The molecule has 0 saturated heterocycles. The topological polar surface area (TPSA) is 54.0 Å². The Balaban J connectivity index is 2.17. The van der Waals surface area contributed by atoms with E-state index in [-0.39, 0.29) is 11.7 Å². The maximum Gasteiger partial charge on any atom is 0.274 e. The van der Waals surface area contributed by atoms with Gasteiger partial charge in [0.2, 0.25) is 0 Å². The molecule has 0 fully saturated rings. The van der Waals surface area contributed by atoms with Crippen molar-refractivity contribution in [2.45, 2.75) is 13.8 Å². The van der Waals surface area contributed by atoms with Crippen LogP contribution >= 0.6 is 0 Å². The number of pyridine rings is 1. The number of carbonyl (C=O) groups is 1. The number of hydrogen-bond donors (Lipinski definition) is 2. The summed E-state index contributed by atoms with van der Waals surface area (Å²) < 4.78 is 13.0. The molecule has 1 aromatic heterocycles. The number of aromatic nitrogens is 1. The second-order valence-electron chi connectivity index (χ2n) is 4.37. The predicted octanol–water partition coefficient (Wildman–Crippen LogP) is 3.21. The van der Waals surface area contributed by atoms with Crippen LogP contribution in [0.1, 0.15) is 23.0 Å². The first-order valence-electron chi connectivity index (χ1n) is 6.37. The lowest BCUT2D eigenvalue weighted by atomic mass is 10.2. The molecule has 0 atom stereocenters. The van der Waals surface area contributed by atoms with E-state index in [9.17, 15) is 9.18 Å². The Labute approximate surface area is 117 Å². The molecular weight excluding hydrogens is 257 g/mol. The predicted molar refractivity (Wildman–Crippen MR) is 77.5 cm³/mol. The Morgan fingerprint density at radius 2 is 2.10 bits per heavy atom. The van der Waals surface area contributed by atoms with Crippen LogP contribution in [0.25, 0.3) is 0 Å². The van der Waals surface area contributed by atoms with E-state index >= 15 is 0 Å². The van der Waals surface area contributed by atoms with Crippen LogP contribution in [0.4, 0.5) is 15.8 Å². The fraction of sp³-hybridized carbons (Fsp3) is 0.200. The van der Waals surface area contributed by atoms with E-state index in [1.165, 1.54) is 18.2 Å². The second-order valence-corrected chi connectivity index (χ2v) is 4.37. The van der Waals surface area contributed by atoms with Gasteiger partial charge in [-0.05, 0) is 49.7 Å². The van der Waals surface area contributed by atoms with Crippen molar-refractivity contribution in [1.29, 1.82) is 0 Å². The largest absolute Gasteiger partial charge is 0.385 e. The van der Waals surface area contributed by atoms with Gasteiger partial charge in [-0.2, -0.15) is 0 Å². The standard InChI is InChI=1S/C15H16FN3O/c1-3-17-12-6-7-18-14(9-12)15(20)19-13-5-4-11(16)8-10(13)2/h4-9H,3H2,1-2H3,(H,17,18)(H,19,20). The summed E-state index contributed by atoms with van der Waals surface area (Å²) in [4.78, 5) is 16.2.